The highest BCUT2D eigenvalue weighted by Crippen LogP contribution is 2.03. The topological polar surface area (TPSA) is 105 Å². The average molecular weight is 354 g/mol. The lowest BCUT2D eigenvalue weighted by Crippen LogP contribution is -2.50. The zero-order valence-corrected chi connectivity index (χ0v) is 14.5. The van der Waals surface area contributed by atoms with Crippen LogP contribution in [-0.2, 0) is 20.9 Å². The maximum atomic E-state index is 12.0. The van der Waals surface area contributed by atoms with E-state index in [0.29, 0.717) is 12.2 Å². The molecule has 1 rings (SSSR count). The monoisotopic (exact) mass is 354 g/mol. The number of rotatable bonds is 9. The van der Waals surface area contributed by atoms with E-state index < -0.39 is 30.1 Å². The molecule has 3 N–H and O–H groups in total. The molecule has 1 aromatic carbocycles. The smallest absolute Gasteiger partial charge is 0.408 e. The highest BCUT2D eigenvalue weighted by molar-refractivity contribution is 7.98. The first-order chi connectivity index (χ1) is 11.4. The van der Waals surface area contributed by atoms with Gasteiger partial charge in [-0.3, -0.25) is 4.79 Å². The van der Waals surface area contributed by atoms with Crippen molar-refractivity contribution in [1.82, 2.24) is 10.6 Å². The van der Waals surface area contributed by atoms with Gasteiger partial charge in [-0.05, 0) is 30.9 Å². The fraction of sp³-hybridized carbons (Fsp3) is 0.438. The Morgan fingerprint density at radius 2 is 1.88 bits per heavy atom. The Labute approximate surface area is 145 Å². The van der Waals surface area contributed by atoms with Gasteiger partial charge in [-0.15, -0.1) is 0 Å². The lowest BCUT2D eigenvalue weighted by Gasteiger charge is -2.18. The van der Waals surface area contributed by atoms with Gasteiger partial charge >= 0.3 is 12.1 Å². The number of amides is 2. The number of carbonyl (C=O) groups excluding carboxylic acids is 2. The summed E-state index contributed by atoms with van der Waals surface area (Å²) in [5.41, 5.74) is 0.827. The summed E-state index contributed by atoms with van der Waals surface area (Å²) >= 11 is 1.49. The largest absolute Gasteiger partial charge is 0.480 e. The van der Waals surface area contributed by atoms with Crippen LogP contribution < -0.4 is 10.6 Å². The van der Waals surface area contributed by atoms with Gasteiger partial charge in [0.2, 0.25) is 5.91 Å². The third kappa shape index (κ3) is 7.36. The Kier molecular flexibility index (Phi) is 8.70. The summed E-state index contributed by atoms with van der Waals surface area (Å²) in [4.78, 5) is 34.8. The molecule has 0 unspecified atom stereocenters. The average Bonchev–Trinajstić information content (AvgIpc) is 2.57. The molecule has 2 amide bonds. The Bertz CT molecular complexity index is 553. The van der Waals surface area contributed by atoms with E-state index in [1.54, 1.807) is 0 Å². The highest BCUT2D eigenvalue weighted by Gasteiger charge is 2.23. The van der Waals surface area contributed by atoms with Crippen LogP contribution in [0.15, 0.2) is 30.3 Å². The number of thioether (sulfide) groups is 1. The first kappa shape index (κ1) is 19.8. The van der Waals surface area contributed by atoms with E-state index in [0.717, 1.165) is 5.56 Å². The number of aliphatic carboxylic acids is 1. The van der Waals surface area contributed by atoms with Crippen LogP contribution in [0.5, 0.6) is 0 Å². The van der Waals surface area contributed by atoms with Gasteiger partial charge in [0, 0.05) is 0 Å². The molecule has 0 spiro atoms. The van der Waals surface area contributed by atoms with Gasteiger partial charge in [0.05, 0.1) is 0 Å². The minimum absolute atomic E-state index is 0.0898. The van der Waals surface area contributed by atoms with Gasteiger partial charge in [-0.25, -0.2) is 9.59 Å². The zero-order chi connectivity index (χ0) is 17.9. The molecule has 7 nitrogen and oxygen atoms in total. The summed E-state index contributed by atoms with van der Waals surface area (Å²) in [6.07, 6.45) is 1.43. The van der Waals surface area contributed by atoms with Crippen molar-refractivity contribution < 1.29 is 24.2 Å². The van der Waals surface area contributed by atoms with E-state index in [2.05, 4.69) is 10.6 Å². The maximum Gasteiger partial charge on any atom is 0.408 e. The van der Waals surface area contributed by atoms with Gasteiger partial charge in [0.25, 0.3) is 0 Å². The summed E-state index contributed by atoms with van der Waals surface area (Å²) in [6.45, 7) is 1.55. The number of hydrogen-bond donors (Lipinski definition) is 3. The predicted molar refractivity (Wildman–Crippen MR) is 91.8 cm³/mol. The second-order valence-corrected chi connectivity index (χ2v) is 6.09. The normalized spacial score (nSPS) is 12.8. The summed E-state index contributed by atoms with van der Waals surface area (Å²) < 4.78 is 5.02. The van der Waals surface area contributed by atoms with Crippen molar-refractivity contribution in [3.05, 3.63) is 35.9 Å². The molecule has 8 heteroatoms. The van der Waals surface area contributed by atoms with Crippen LogP contribution in [0.4, 0.5) is 4.79 Å². The van der Waals surface area contributed by atoms with E-state index in [9.17, 15) is 14.4 Å². The fourth-order valence-electron chi connectivity index (χ4n) is 1.80. The van der Waals surface area contributed by atoms with Crippen molar-refractivity contribution in [3.8, 4) is 0 Å². The van der Waals surface area contributed by atoms with Gasteiger partial charge in [-0.1, -0.05) is 30.3 Å². The molecule has 0 aliphatic heterocycles. The molecule has 132 valence electrons. The van der Waals surface area contributed by atoms with Crippen LogP contribution in [0.25, 0.3) is 0 Å². The molecule has 0 heterocycles. The minimum Gasteiger partial charge on any atom is -0.480 e. The molecule has 1 aromatic rings. The van der Waals surface area contributed by atoms with Gasteiger partial charge in [0.15, 0.2) is 0 Å². The summed E-state index contributed by atoms with van der Waals surface area (Å²) in [5.74, 6) is -1.06. The van der Waals surface area contributed by atoms with Crippen LogP contribution in [0.2, 0.25) is 0 Å². The van der Waals surface area contributed by atoms with Crippen molar-refractivity contribution >= 4 is 29.7 Å². The van der Waals surface area contributed by atoms with Crippen LogP contribution in [0.3, 0.4) is 0 Å². The Morgan fingerprint density at radius 3 is 2.46 bits per heavy atom. The number of alkyl carbamates (subject to hydrolysis) is 1. The molecule has 0 bridgehead atoms. The van der Waals surface area contributed by atoms with Crippen LogP contribution >= 0.6 is 11.8 Å². The van der Waals surface area contributed by atoms with Gasteiger partial charge < -0.3 is 20.5 Å². The second-order valence-electron chi connectivity index (χ2n) is 5.11. The number of hydrogen-bond acceptors (Lipinski definition) is 5. The van der Waals surface area contributed by atoms with Crippen LogP contribution in [0, 0.1) is 0 Å². The molecule has 0 saturated carbocycles. The first-order valence-corrected chi connectivity index (χ1v) is 8.82. The van der Waals surface area contributed by atoms with Crippen molar-refractivity contribution in [2.75, 3.05) is 12.0 Å². The van der Waals surface area contributed by atoms with Gasteiger partial charge in [0.1, 0.15) is 18.7 Å². The quantitative estimate of drug-likeness (QED) is 0.622. The number of carboxylic acids is 1. The molecule has 0 aliphatic carbocycles. The Morgan fingerprint density at radius 1 is 1.21 bits per heavy atom. The molecule has 0 radical (unpaired) electrons. The molecule has 2 atom stereocenters. The number of ether oxygens (including phenoxy) is 1. The molecule has 0 fully saturated rings. The lowest BCUT2D eigenvalue weighted by atomic mass is 10.2. The van der Waals surface area contributed by atoms with E-state index in [1.165, 1.54) is 18.7 Å². The van der Waals surface area contributed by atoms with E-state index in [1.807, 2.05) is 36.6 Å². The lowest BCUT2D eigenvalue weighted by molar-refractivity contribution is -0.142. The predicted octanol–water partition coefficient (Wildman–Crippen LogP) is 1.62. The number of nitrogens with one attached hydrogen (secondary N) is 2. The Balaban J connectivity index is 2.41. The Hall–Kier alpha value is -2.22. The molecular formula is C16H22N2O5S. The zero-order valence-electron chi connectivity index (χ0n) is 13.7. The molecule has 0 aliphatic rings. The SMILES string of the molecule is CSCC[C@@H](NC(=O)[C@H](C)NC(=O)OCc1ccccc1)C(=O)O. The highest BCUT2D eigenvalue weighted by atomic mass is 32.2. The molecule has 0 saturated heterocycles. The van der Waals surface area contributed by atoms with Gasteiger partial charge in [-0.2, -0.15) is 11.8 Å². The molecule has 24 heavy (non-hydrogen) atoms. The number of carbonyl (C=O) groups is 3. The molecule has 0 aromatic heterocycles. The standard InChI is InChI=1S/C16H22N2O5S/c1-11(14(19)18-13(15(20)21)8-9-24-2)17-16(22)23-10-12-6-4-3-5-7-12/h3-7,11,13H,8-10H2,1-2H3,(H,17,22)(H,18,19)(H,20,21)/t11-,13+/m0/s1. The minimum atomic E-state index is -1.10. The van der Waals surface area contributed by atoms with Crippen molar-refractivity contribution in [1.29, 1.82) is 0 Å². The summed E-state index contributed by atoms with van der Waals surface area (Å²) in [7, 11) is 0. The third-order valence-electron chi connectivity index (χ3n) is 3.17. The van der Waals surface area contributed by atoms with E-state index in [-0.39, 0.29) is 6.61 Å². The summed E-state index contributed by atoms with van der Waals surface area (Å²) in [6, 6.07) is 7.25. The maximum absolute atomic E-state index is 12.0. The fourth-order valence-corrected chi connectivity index (χ4v) is 2.27. The number of benzene rings is 1. The van der Waals surface area contributed by atoms with E-state index in [4.69, 9.17) is 9.84 Å². The number of carboxylic acid groups (broad SMARTS) is 1. The van der Waals surface area contributed by atoms with E-state index >= 15 is 0 Å². The van der Waals surface area contributed by atoms with Crippen LogP contribution in [-0.4, -0.2) is 47.2 Å². The van der Waals surface area contributed by atoms with Crippen molar-refractivity contribution in [2.24, 2.45) is 0 Å². The molecular weight excluding hydrogens is 332 g/mol. The van der Waals surface area contributed by atoms with Crippen molar-refractivity contribution in [2.45, 2.75) is 32.0 Å². The third-order valence-corrected chi connectivity index (χ3v) is 3.81. The first-order valence-electron chi connectivity index (χ1n) is 7.43. The van der Waals surface area contributed by atoms with Crippen LogP contribution in [0.1, 0.15) is 18.9 Å². The summed E-state index contributed by atoms with van der Waals surface area (Å²) in [5, 5.41) is 13.9. The second kappa shape index (κ2) is 10.5. The van der Waals surface area contributed by atoms with Crippen molar-refractivity contribution in [3.63, 3.8) is 0 Å².